The SMILES string of the molecule is CCc1cc(-c2nnc(SCC(=O)Nc3cc(Cl)ccc3C)n2CC2CCCO2)cs1. The number of nitrogens with zero attached hydrogens (tertiary/aromatic N) is 3. The van der Waals surface area contributed by atoms with Crippen LogP contribution in [0.2, 0.25) is 5.02 Å². The molecule has 0 bridgehead atoms. The number of hydrogen-bond donors (Lipinski definition) is 1. The number of halogens is 1. The predicted molar refractivity (Wildman–Crippen MR) is 127 cm³/mol. The van der Waals surface area contributed by atoms with Gasteiger partial charge in [-0.05, 0) is 49.9 Å². The Kier molecular flexibility index (Phi) is 7.32. The molecular formula is C22H25ClN4O2S2. The quantitative estimate of drug-likeness (QED) is 0.438. The summed E-state index contributed by atoms with van der Waals surface area (Å²) < 4.78 is 7.95. The number of benzene rings is 1. The molecule has 1 aliphatic rings. The van der Waals surface area contributed by atoms with E-state index in [0.717, 1.165) is 53.7 Å². The van der Waals surface area contributed by atoms with E-state index in [9.17, 15) is 4.79 Å². The van der Waals surface area contributed by atoms with E-state index in [1.165, 1.54) is 16.6 Å². The van der Waals surface area contributed by atoms with Crippen molar-refractivity contribution in [2.45, 2.75) is 50.9 Å². The standard InChI is InChI=1S/C22H25ClN4O2S2/c1-3-18-9-15(12-30-18)21-25-26-22(27(21)11-17-5-4-8-29-17)31-13-20(28)24-19-10-16(23)7-6-14(19)2/h6-7,9-10,12,17H,3-5,8,11,13H2,1-2H3,(H,24,28). The maximum atomic E-state index is 12.6. The van der Waals surface area contributed by atoms with Crippen LogP contribution in [0, 0.1) is 6.92 Å². The number of thioether (sulfide) groups is 1. The van der Waals surface area contributed by atoms with Crippen LogP contribution in [-0.2, 0) is 22.5 Å². The van der Waals surface area contributed by atoms with Gasteiger partial charge in [0.25, 0.3) is 0 Å². The van der Waals surface area contributed by atoms with E-state index in [1.807, 2.05) is 19.1 Å². The van der Waals surface area contributed by atoms with E-state index in [0.29, 0.717) is 11.6 Å². The van der Waals surface area contributed by atoms with Gasteiger partial charge in [0.05, 0.1) is 18.4 Å². The Morgan fingerprint density at radius 3 is 3.00 bits per heavy atom. The first-order valence-corrected chi connectivity index (χ1v) is 12.6. The van der Waals surface area contributed by atoms with E-state index < -0.39 is 0 Å². The lowest BCUT2D eigenvalue weighted by atomic mass is 10.2. The van der Waals surface area contributed by atoms with Gasteiger partial charge in [0.1, 0.15) is 0 Å². The molecule has 6 nitrogen and oxygen atoms in total. The molecule has 1 amide bonds. The first-order chi connectivity index (χ1) is 15.0. The predicted octanol–water partition coefficient (Wildman–Crippen LogP) is 5.44. The maximum Gasteiger partial charge on any atom is 0.234 e. The second kappa shape index (κ2) is 10.2. The van der Waals surface area contributed by atoms with Crippen LogP contribution in [0.4, 0.5) is 5.69 Å². The Hall–Kier alpha value is -1.87. The molecule has 3 aromatic rings. The van der Waals surface area contributed by atoms with Crippen LogP contribution in [-0.4, -0.2) is 39.1 Å². The Balaban J connectivity index is 1.50. The molecule has 0 saturated carbocycles. The van der Waals surface area contributed by atoms with Gasteiger partial charge in [0.15, 0.2) is 11.0 Å². The van der Waals surface area contributed by atoms with E-state index >= 15 is 0 Å². The summed E-state index contributed by atoms with van der Waals surface area (Å²) in [7, 11) is 0. The van der Waals surface area contributed by atoms with Gasteiger partial charge in [-0.3, -0.25) is 9.36 Å². The summed E-state index contributed by atoms with van der Waals surface area (Å²) in [6.07, 6.45) is 3.25. The van der Waals surface area contributed by atoms with Gasteiger partial charge in [-0.15, -0.1) is 21.5 Å². The molecule has 4 rings (SSSR count). The monoisotopic (exact) mass is 476 g/mol. The van der Waals surface area contributed by atoms with E-state index in [4.69, 9.17) is 16.3 Å². The van der Waals surface area contributed by atoms with Crippen molar-refractivity contribution in [3.8, 4) is 11.4 Å². The van der Waals surface area contributed by atoms with E-state index in [-0.39, 0.29) is 17.8 Å². The molecular weight excluding hydrogens is 452 g/mol. The average Bonchev–Trinajstić information content (AvgIpc) is 3.50. The van der Waals surface area contributed by atoms with Gasteiger partial charge in [-0.1, -0.05) is 36.4 Å². The number of anilines is 1. The summed E-state index contributed by atoms with van der Waals surface area (Å²) >= 11 is 9.18. The summed E-state index contributed by atoms with van der Waals surface area (Å²) in [5, 5.41) is 15.2. The minimum atomic E-state index is -0.104. The fraction of sp³-hybridized carbons (Fsp3) is 0.409. The Morgan fingerprint density at radius 2 is 2.26 bits per heavy atom. The normalized spacial score (nSPS) is 16.0. The molecule has 1 N–H and O–H groups in total. The second-order valence-corrected chi connectivity index (χ2v) is 9.88. The zero-order valence-corrected chi connectivity index (χ0v) is 19.9. The minimum Gasteiger partial charge on any atom is -0.376 e. The average molecular weight is 477 g/mol. The highest BCUT2D eigenvalue weighted by atomic mass is 35.5. The highest BCUT2D eigenvalue weighted by Crippen LogP contribution is 2.30. The third-order valence-electron chi connectivity index (χ3n) is 5.19. The molecule has 3 heterocycles. The molecule has 0 radical (unpaired) electrons. The smallest absolute Gasteiger partial charge is 0.234 e. The van der Waals surface area contributed by atoms with E-state index in [2.05, 4.69) is 38.5 Å². The number of carbonyl (C=O) groups excluding carboxylic acids is 1. The van der Waals surface area contributed by atoms with Gasteiger partial charge in [0.2, 0.25) is 5.91 Å². The van der Waals surface area contributed by atoms with Crippen molar-refractivity contribution in [2.75, 3.05) is 17.7 Å². The van der Waals surface area contributed by atoms with Crippen molar-refractivity contribution in [3.63, 3.8) is 0 Å². The van der Waals surface area contributed by atoms with Gasteiger partial charge in [0, 0.05) is 33.1 Å². The lowest BCUT2D eigenvalue weighted by Gasteiger charge is -2.14. The van der Waals surface area contributed by atoms with Crippen molar-refractivity contribution in [3.05, 3.63) is 45.1 Å². The molecule has 0 aliphatic carbocycles. The first kappa shape index (κ1) is 22.3. The molecule has 1 aliphatic heterocycles. The Morgan fingerprint density at radius 1 is 1.39 bits per heavy atom. The van der Waals surface area contributed by atoms with Crippen LogP contribution < -0.4 is 5.32 Å². The number of ether oxygens (including phenoxy) is 1. The number of nitrogens with one attached hydrogen (secondary N) is 1. The molecule has 0 spiro atoms. The number of carbonyl (C=O) groups is 1. The molecule has 2 aromatic heterocycles. The van der Waals surface area contributed by atoms with Crippen molar-refractivity contribution >= 4 is 46.3 Å². The van der Waals surface area contributed by atoms with Crippen LogP contribution in [0.25, 0.3) is 11.4 Å². The number of hydrogen-bond acceptors (Lipinski definition) is 6. The lowest BCUT2D eigenvalue weighted by Crippen LogP contribution is -2.18. The van der Waals surface area contributed by atoms with Gasteiger partial charge in [-0.25, -0.2) is 0 Å². The number of thiophene rings is 1. The van der Waals surface area contributed by atoms with Crippen molar-refractivity contribution < 1.29 is 9.53 Å². The molecule has 9 heteroatoms. The van der Waals surface area contributed by atoms with Crippen LogP contribution in [0.15, 0.2) is 34.8 Å². The summed E-state index contributed by atoms with van der Waals surface area (Å²) in [4.78, 5) is 13.9. The summed E-state index contributed by atoms with van der Waals surface area (Å²) in [6, 6.07) is 7.63. The molecule has 31 heavy (non-hydrogen) atoms. The van der Waals surface area contributed by atoms with Crippen LogP contribution in [0.1, 0.15) is 30.2 Å². The largest absolute Gasteiger partial charge is 0.376 e. The second-order valence-electron chi connectivity index (χ2n) is 7.50. The molecule has 1 atom stereocenters. The molecule has 1 unspecified atom stereocenters. The molecule has 164 valence electrons. The van der Waals surface area contributed by atoms with Gasteiger partial charge >= 0.3 is 0 Å². The maximum absolute atomic E-state index is 12.6. The Bertz CT molecular complexity index is 1060. The van der Waals surface area contributed by atoms with Crippen LogP contribution in [0.5, 0.6) is 0 Å². The summed E-state index contributed by atoms with van der Waals surface area (Å²) in [6.45, 7) is 5.57. The fourth-order valence-corrected chi connectivity index (χ4v) is 5.23. The van der Waals surface area contributed by atoms with Gasteiger partial charge in [-0.2, -0.15) is 0 Å². The van der Waals surface area contributed by atoms with Crippen LogP contribution in [0.3, 0.4) is 0 Å². The third kappa shape index (κ3) is 5.49. The number of aryl methyl sites for hydroxylation is 2. The first-order valence-electron chi connectivity index (χ1n) is 10.3. The third-order valence-corrected chi connectivity index (χ3v) is 7.48. The number of rotatable bonds is 8. The molecule has 1 saturated heterocycles. The topological polar surface area (TPSA) is 69.0 Å². The number of aromatic nitrogens is 3. The Labute approximate surface area is 195 Å². The van der Waals surface area contributed by atoms with Crippen molar-refractivity contribution in [1.29, 1.82) is 0 Å². The molecule has 1 aromatic carbocycles. The van der Waals surface area contributed by atoms with Crippen molar-refractivity contribution in [1.82, 2.24) is 14.8 Å². The zero-order chi connectivity index (χ0) is 21.8. The van der Waals surface area contributed by atoms with Crippen LogP contribution >= 0.6 is 34.7 Å². The number of amides is 1. The minimum absolute atomic E-state index is 0.104. The highest BCUT2D eigenvalue weighted by Gasteiger charge is 2.23. The fourth-order valence-electron chi connectivity index (χ4n) is 3.49. The summed E-state index contributed by atoms with van der Waals surface area (Å²) in [5.41, 5.74) is 2.76. The zero-order valence-electron chi connectivity index (χ0n) is 17.6. The van der Waals surface area contributed by atoms with E-state index in [1.54, 1.807) is 17.4 Å². The van der Waals surface area contributed by atoms with Crippen molar-refractivity contribution in [2.24, 2.45) is 0 Å². The molecule has 1 fully saturated rings. The summed E-state index contributed by atoms with van der Waals surface area (Å²) in [5.74, 6) is 0.965. The van der Waals surface area contributed by atoms with Gasteiger partial charge < -0.3 is 10.1 Å². The highest BCUT2D eigenvalue weighted by molar-refractivity contribution is 7.99. The lowest BCUT2D eigenvalue weighted by molar-refractivity contribution is -0.113.